The van der Waals surface area contributed by atoms with Gasteiger partial charge in [0, 0.05) is 28.7 Å². The third-order valence-corrected chi connectivity index (χ3v) is 5.74. The predicted octanol–water partition coefficient (Wildman–Crippen LogP) is 4.83. The summed E-state index contributed by atoms with van der Waals surface area (Å²) in [6.45, 7) is 10.0. The van der Waals surface area contributed by atoms with Crippen LogP contribution in [0.2, 0.25) is 0 Å². The number of hydrogen-bond acceptors (Lipinski definition) is 4. The van der Waals surface area contributed by atoms with Crippen LogP contribution >= 0.6 is 0 Å². The van der Waals surface area contributed by atoms with E-state index in [9.17, 15) is 14.0 Å². The number of aromatic nitrogens is 1. The van der Waals surface area contributed by atoms with Gasteiger partial charge in [0.2, 0.25) is 0 Å². The zero-order chi connectivity index (χ0) is 24.5. The van der Waals surface area contributed by atoms with Gasteiger partial charge in [-0.2, -0.15) is 0 Å². The van der Waals surface area contributed by atoms with E-state index in [0.29, 0.717) is 29.9 Å². The number of fused-ring (bicyclic) bond motifs is 1. The number of H-pyrrole nitrogens is 1. The van der Waals surface area contributed by atoms with Crippen molar-refractivity contribution >= 4 is 22.6 Å². The first-order chi connectivity index (χ1) is 16.4. The van der Waals surface area contributed by atoms with E-state index in [1.807, 2.05) is 25.1 Å². The van der Waals surface area contributed by atoms with Crippen molar-refractivity contribution < 1.29 is 13.9 Å². The number of benzene rings is 2. The Morgan fingerprint density at radius 3 is 2.44 bits per heavy atom. The Balaban J connectivity index is 1.83. The fourth-order valence-corrected chi connectivity index (χ4v) is 3.82. The highest BCUT2D eigenvalue weighted by Crippen LogP contribution is 2.20. The quantitative estimate of drug-likeness (QED) is 0.423. The molecule has 2 N–H and O–H groups in total. The molecule has 34 heavy (non-hydrogen) atoms. The van der Waals surface area contributed by atoms with E-state index in [-0.39, 0.29) is 24.0 Å². The maximum atomic E-state index is 13.3. The zero-order valence-electron chi connectivity index (χ0n) is 20.1. The van der Waals surface area contributed by atoms with Crippen LogP contribution in [-0.2, 0) is 6.54 Å². The summed E-state index contributed by atoms with van der Waals surface area (Å²) >= 11 is 0. The minimum Gasteiger partial charge on any atom is -0.494 e. The van der Waals surface area contributed by atoms with Crippen LogP contribution in [-0.4, -0.2) is 53.6 Å². The Morgan fingerprint density at radius 2 is 1.76 bits per heavy atom. The Bertz CT molecular complexity index is 1140. The minimum atomic E-state index is -0.372. The molecule has 2 aromatic carbocycles. The number of urea groups is 1. The molecule has 2 amide bonds. The summed E-state index contributed by atoms with van der Waals surface area (Å²) in [5, 5.41) is 3.65. The molecule has 7 nitrogen and oxygen atoms in total. The van der Waals surface area contributed by atoms with E-state index in [2.05, 4.69) is 29.0 Å². The molecule has 0 aliphatic carbocycles. The van der Waals surface area contributed by atoms with Crippen LogP contribution in [0.4, 0.5) is 14.9 Å². The van der Waals surface area contributed by atoms with E-state index in [1.165, 1.54) is 24.3 Å². The van der Waals surface area contributed by atoms with Crippen LogP contribution < -0.4 is 15.6 Å². The maximum Gasteiger partial charge on any atom is 0.322 e. The molecule has 0 aliphatic rings. The first-order valence-electron chi connectivity index (χ1n) is 11.8. The van der Waals surface area contributed by atoms with Gasteiger partial charge in [0.15, 0.2) is 0 Å². The number of nitrogens with zero attached hydrogens (tertiary/aromatic N) is 2. The van der Waals surface area contributed by atoms with Gasteiger partial charge in [-0.25, -0.2) is 9.18 Å². The molecular weight excluding hydrogens is 435 g/mol. The van der Waals surface area contributed by atoms with Gasteiger partial charge in [0.05, 0.1) is 13.2 Å². The number of halogens is 1. The molecule has 3 rings (SSSR count). The number of aromatic amines is 1. The molecule has 3 aromatic rings. The van der Waals surface area contributed by atoms with Gasteiger partial charge in [0.1, 0.15) is 11.6 Å². The van der Waals surface area contributed by atoms with Crippen molar-refractivity contribution in [1.82, 2.24) is 14.8 Å². The fraction of sp³-hybridized carbons (Fsp3) is 0.385. The first-order valence-corrected chi connectivity index (χ1v) is 11.8. The van der Waals surface area contributed by atoms with E-state index in [4.69, 9.17) is 4.74 Å². The van der Waals surface area contributed by atoms with Gasteiger partial charge in [-0.3, -0.25) is 4.79 Å². The summed E-state index contributed by atoms with van der Waals surface area (Å²) in [5.41, 5.74) is 1.45. The summed E-state index contributed by atoms with van der Waals surface area (Å²) in [7, 11) is 0. The summed E-state index contributed by atoms with van der Waals surface area (Å²) < 4.78 is 18.8. The van der Waals surface area contributed by atoms with Crippen molar-refractivity contribution in [3.05, 3.63) is 70.3 Å². The zero-order valence-corrected chi connectivity index (χ0v) is 20.1. The molecule has 0 saturated carbocycles. The highest BCUT2D eigenvalue weighted by atomic mass is 19.1. The standard InChI is InChI=1S/C26H33FN4O3/c1-4-30(5-2)14-7-15-31(26(33)28-22-10-8-21(27)9-11-22)18-20-16-19-17-23(34-6-3)12-13-24(19)29-25(20)32/h8-13,16-17H,4-7,14-15,18H2,1-3H3,(H,28,33)(H,29,32). The van der Waals surface area contributed by atoms with Gasteiger partial charge < -0.3 is 24.8 Å². The molecule has 182 valence electrons. The van der Waals surface area contributed by atoms with Gasteiger partial charge in [-0.15, -0.1) is 0 Å². The number of anilines is 1. The molecule has 0 atom stereocenters. The molecule has 0 aliphatic heterocycles. The SMILES string of the molecule is CCOc1ccc2[nH]c(=O)c(CN(CCCN(CC)CC)C(=O)Nc3ccc(F)cc3)cc2c1. The number of carbonyl (C=O) groups is 1. The Labute approximate surface area is 199 Å². The largest absolute Gasteiger partial charge is 0.494 e. The average molecular weight is 469 g/mol. The lowest BCUT2D eigenvalue weighted by Gasteiger charge is -2.25. The van der Waals surface area contributed by atoms with Crippen LogP contribution in [0.15, 0.2) is 53.3 Å². The van der Waals surface area contributed by atoms with Crippen molar-refractivity contribution in [2.24, 2.45) is 0 Å². The Hall–Kier alpha value is -3.39. The predicted molar refractivity (Wildman–Crippen MR) is 134 cm³/mol. The lowest BCUT2D eigenvalue weighted by Crippen LogP contribution is -2.38. The molecule has 0 bridgehead atoms. The summed E-state index contributed by atoms with van der Waals surface area (Å²) in [6, 6.07) is 12.6. The van der Waals surface area contributed by atoms with Crippen LogP contribution in [0, 0.1) is 5.82 Å². The molecule has 0 radical (unpaired) electrons. The normalized spacial score (nSPS) is 11.1. The van der Waals surface area contributed by atoms with Crippen molar-refractivity contribution in [3.8, 4) is 5.75 Å². The number of nitrogens with one attached hydrogen (secondary N) is 2. The molecule has 0 unspecified atom stereocenters. The van der Waals surface area contributed by atoms with Crippen molar-refractivity contribution in [1.29, 1.82) is 0 Å². The van der Waals surface area contributed by atoms with Crippen molar-refractivity contribution in [3.63, 3.8) is 0 Å². The van der Waals surface area contributed by atoms with Crippen LogP contribution in [0.1, 0.15) is 32.8 Å². The topological polar surface area (TPSA) is 77.7 Å². The van der Waals surface area contributed by atoms with Crippen molar-refractivity contribution in [2.45, 2.75) is 33.7 Å². The molecule has 1 aromatic heterocycles. The second kappa shape index (κ2) is 12.2. The number of hydrogen-bond donors (Lipinski definition) is 2. The van der Waals surface area contributed by atoms with E-state index >= 15 is 0 Å². The van der Waals surface area contributed by atoms with Gasteiger partial charge in [0.25, 0.3) is 5.56 Å². The third kappa shape index (κ3) is 6.81. The fourth-order valence-electron chi connectivity index (χ4n) is 3.82. The number of carbonyl (C=O) groups excluding carboxylic acids is 1. The molecule has 8 heteroatoms. The number of rotatable bonds is 11. The smallest absolute Gasteiger partial charge is 0.322 e. The van der Waals surface area contributed by atoms with Crippen molar-refractivity contribution in [2.75, 3.05) is 38.1 Å². The average Bonchev–Trinajstić information content (AvgIpc) is 2.83. The highest BCUT2D eigenvalue weighted by Gasteiger charge is 2.17. The summed E-state index contributed by atoms with van der Waals surface area (Å²) in [5.74, 6) is 0.348. The number of amides is 2. The number of pyridine rings is 1. The molecule has 0 saturated heterocycles. The van der Waals surface area contributed by atoms with Gasteiger partial charge in [-0.05, 0) is 81.5 Å². The lowest BCUT2D eigenvalue weighted by molar-refractivity contribution is 0.202. The van der Waals surface area contributed by atoms with Crippen LogP contribution in [0.3, 0.4) is 0 Å². The summed E-state index contributed by atoms with van der Waals surface area (Å²) in [6.07, 6.45) is 0.762. The third-order valence-electron chi connectivity index (χ3n) is 5.74. The second-order valence-electron chi connectivity index (χ2n) is 8.04. The number of ether oxygens (including phenoxy) is 1. The maximum absolute atomic E-state index is 13.3. The molecular formula is C26H33FN4O3. The van der Waals surface area contributed by atoms with E-state index in [1.54, 1.807) is 11.0 Å². The van der Waals surface area contributed by atoms with Crippen LogP contribution in [0.5, 0.6) is 5.75 Å². The molecule has 1 heterocycles. The first kappa shape index (κ1) is 25.2. The van der Waals surface area contributed by atoms with Gasteiger partial charge in [-0.1, -0.05) is 13.8 Å². The molecule has 0 spiro atoms. The second-order valence-corrected chi connectivity index (χ2v) is 8.04. The molecule has 0 fully saturated rings. The monoisotopic (exact) mass is 468 g/mol. The van der Waals surface area contributed by atoms with E-state index < -0.39 is 0 Å². The lowest BCUT2D eigenvalue weighted by atomic mass is 10.1. The van der Waals surface area contributed by atoms with Gasteiger partial charge >= 0.3 is 6.03 Å². The van der Waals surface area contributed by atoms with Crippen LogP contribution in [0.25, 0.3) is 10.9 Å². The highest BCUT2D eigenvalue weighted by molar-refractivity contribution is 5.89. The Kier molecular flexibility index (Phi) is 9.04. The summed E-state index contributed by atoms with van der Waals surface area (Å²) in [4.78, 5) is 32.7. The Morgan fingerprint density at radius 1 is 1.03 bits per heavy atom. The minimum absolute atomic E-state index is 0.148. The van der Waals surface area contributed by atoms with E-state index in [0.717, 1.165) is 37.2 Å².